The van der Waals surface area contributed by atoms with Crippen molar-refractivity contribution in [1.82, 2.24) is 4.72 Å². The zero-order chi connectivity index (χ0) is 12.1. The highest BCUT2D eigenvalue weighted by atomic mass is 32.2. The van der Waals surface area contributed by atoms with Crippen molar-refractivity contribution in [3.63, 3.8) is 0 Å². The Morgan fingerprint density at radius 2 is 1.94 bits per heavy atom. The minimum atomic E-state index is -3.79. The average molecular weight is 241 g/mol. The van der Waals surface area contributed by atoms with E-state index in [1.807, 2.05) is 18.6 Å². The van der Waals surface area contributed by atoms with E-state index in [0.717, 1.165) is 6.07 Å². The summed E-state index contributed by atoms with van der Waals surface area (Å²) in [4.78, 5) is 11.4. The van der Waals surface area contributed by atoms with E-state index >= 15 is 0 Å². The van der Waals surface area contributed by atoms with Crippen LogP contribution in [0.2, 0.25) is 0 Å². The van der Waals surface area contributed by atoms with Gasteiger partial charge in [0.15, 0.2) is 0 Å². The third-order valence-electron chi connectivity index (χ3n) is 2.48. The molecule has 6 heteroatoms. The molecule has 2 N–H and O–H groups in total. The molecule has 0 atom stereocenters. The molecule has 2 rings (SSSR count). The molecule has 0 spiro atoms. The summed E-state index contributed by atoms with van der Waals surface area (Å²) in [5.41, 5.74) is 0.682. The summed E-state index contributed by atoms with van der Waals surface area (Å²) in [5.74, 6) is -0.818. The van der Waals surface area contributed by atoms with Crippen LogP contribution in [0.3, 0.4) is 0 Å². The van der Waals surface area contributed by atoms with E-state index in [4.69, 9.17) is 0 Å². The second-order valence-electron chi connectivity index (χ2n) is 4.00. The summed E-state index contributed by atoms with van der Waals surface area (Å²) in [5, 5.41) is 9.44. The Hall–Kier alpha value is -1.56. The first-order chi connectivity index (χ1) is 7.33. The monoisotopic (exact) mass is 241 g/mol. The first-order valence-corrected chi connectivity index (χ1v) is 6.25. The second-order valence-corrected chi connectivity index (χ2v) is 5.65. The lowest BCUT2D eigenvalue weighted by Gasteiger charge is -2.09. The van der Waals surface area contributed by atoms with E-state index in [9.17, 15) is 18.3 Å². The molecule has 0 unspecified atom stereocenters. The molecule has 1 aliphatic heterocycles. The third kappa shape index (κ3) is 1.46. The lowest BCUT2D eigenvalue weighted by Crippen LogP contribution is -2.21. The topological polar surface area (TPSA) is 83.5 Å². The summed E-state index contributed by atoms with van der Waals surface area (Å²) >= 11 is 0. The molecule has 0 saturated carbocycles. The van der Waals surface area contributed by atoms with Crippen molar-refractivity contribution >= 4 is 15.9 Å². The number of aromatic hydroxyl groups is 1. The lowest BCUT2D eigenvalue weighted by atomic mass is 9.96. The Morgan fingerprint density at radius 1 is 1.31 bits per heavy atom. The number of fused-ring (bicyclic) bond motifs is 1. The highest BCUT2D eigenvalue weighted by molar-refractivity contribution is 7.90. The summed E-state index contributed by atoms with van der Waals surface area (Å²) in [6, 6.07) is 2.51. The molecule has 0 saturated heterocycles. The first kappa shape index (κ1) is 10.9. The van der Waals surface area contributed by atoms with Gasteiger partial charge in [-0.2, -0.15) is 0 Å². The van der Waals surface area contributed by atoms with E-state index < -0.39 is 15.9 Å². The molecule has 0 bridgehead atoms. The number of rotatable bonds is 1. The van der Waals surface area contributed by atoms with Gasteiger partial charge in [-0.3, -0.25) is 4.79 Å². The Labute approximate surface area is 93.2 Å². The Morgan fingerprint density at radius 3 is 2.50 bits per heavy atom. The zero-order valence-corrected chi connectivity index (χ0v) is 9.63. The van der Waals surface area contributed by atoms with Gasteiger partial charge in [0.05, 0.1) is 5.56 Å². The van der Waals surface area contributed by atoms with E-state index in [0.29, 0.717) is 5.56 Å². The SMILES string of the molecule is CC(C)c1cc(O)cc2c1C(=O)NS2(=O)=O. The van der Waals surface area contributed by atoms with Crippen LogP contribution in [0, 0.1) is 0 Å². The van der Waals surface area contributed by atoms with Crippen molar-refractivity contribution < 1.29 is 18.3 Å². The minimum Gasteiger partial charge on any atom is -0.508 e. The fourth-order valence-electron chi connectivity index (χ4n) is 1.76. The maximum absolute atomic E-state index is 11.5. The van der Waals surface area contributed by atoms with Crippen molar-refractivity contribution in [1.29, 1.82) is 0 Å². The molecule has 1 aromatic rings. The number of carbonyl (C=O) groups excluding carboxylic acids is 1. The van der Waals surface area contributed by atoms with Gasteiger partial charge in [0.2, 0.25) is 0 Å². The first-order valence-electron chi connectivity index (χ1n) is 4.77. The van der Waals surface area contributed by atoms with Crippen molar-refractivity contribution in [3.05, 3.63) is 23.3 Å². The van der Waals surface area contributed by atoms with E-state index in [2.05, 4.69) is 0 Å². The van der Waals surface area contributed by atoms with Gasteiger partial charge < -0.3 is 5.11 Å². The molecule has 1 aliphatic rings. The van der Waals surface area contributed by atoms with Crippen LogP contribution in [0.5, 0.6) is 5.75 Å². The number of sulfonamides is 1. The molecule has 0 fully saturated rings. The molecule has 1 amide bonds. The quantitative estimate of drug-likeness (QED) is 0.766. The Kier molecular flexibility index (Phi) is 2.20. The zero-order valence-electron chi connectivity index (χ0n) is 8.81. The number of nitrogens with one attached hydrogen (secondary N) is 1. The van der Waals surface area contributed by atoms with Crippen LogP contribution in [0.15, 0.2) is 17.0 Å². The maximum Gasteiger partial charge on any atom is 0.266 e. The molecule has 5 nitrogen and oxygen atoms in total. The van der Waals surface area contributed by atoms with Crippen LogP contribution in [-0.4, -0.2) is 19.4 Å². The summed E-state index contributed by atoms with van der Waals surface area (Å²) < 4.78 is 25.0. The summed E-state index contributed by atoms with van der Waals surface area (Å²) in [7, 11) is -3.79. The van der Waals surface area contributed by atoms with Gasteiger partial charge in [-0.15, -0.1) is 0 Å². The van der Waals surface area contributed by atoms with Crippen molar-refractivity contribution in [2.45, 2.75) is 24.7 Å². The van der Waals surface area contributed by atoms with Crippen LogP contribution in [0.1, 0.15) is 35.7 Å². The van der Waals surface area contributed by atoms with Gasteiger partial charge >= 0.3 is 0 Å². The predicted octanol–water partition coefficient (Wildman–Crippen LogP) is 0.948. The number of hydrogen-bond donors (Lipinski definition) is 2. The summed E-state index contributed by atoms with van der Waals surface area (Å²) in [6.07, 6.45) is 0. The highest BCUT2D eigenvalue weighted by Gasteiger charge is 2.35. The van der Waals surface area contributed by atoms with Crippen molar-refractivity contribution in [3.8, 4) is 5.75 Å². The van der Waals surface area contributed by atoms with Gasteiger partial charge in [0, 0.05) is 6.07 Å². The molecular weight excluding hydrogens is 230 g/mol. The van der Waals surface area contributed by atoms with Crippen molar-refractivity contribution in [2.24, 2.45) is 0 Å². The average Bonchev–Trinajstić information content (AvgIpc) is 2.36. The van der Waals surface area contributed by atoms with Crippen LogP contribution in [-0.2, 0) is 10.0 Å². The molecule has 1 heterocycles. The Bertz CT molecular complexity index is 575. The fourth-order valence-corrected chi connectivity index (χ4v) is 2.97. The van der Waals surface area contributed by atoms with E-state index in [1.165, 1.54) is 6.07 Å². The van der Waals surface area contributed by atoms with E-state index in [1.54, 1.807) is 0 Å². The number of benzene rings is 1. The van der Waals surface area contributed by atoms with Crippen LogP contribution < -0.4 is 4.72 Å². The van der Waals surface area contributed by atoms with Gasteiger partial charge in [-0.1, -0.05) is 13.8 Å². The number of phenols is 1. The maximum atomic E-state index is 11.5. The predicted molar refractivity (Wildman–Crippen MR) is 56.8 cm³/mol. The fraction of sp³-hybridized carbons (Fsp3) is 0.300. The van der Waals surface area contributed by atoms with Crippen LogP contribution in [0.4, 0.5) is 0 Å². The van der Waals surface area contributed by atoms with Gasteiger partial charge in [0.25, 0.3) is 15.9 Å². The highest BCUT2D eigenvalue weighted by Crippen LogP contribution is 2.33. The van der Waals surface area contributed by atoms with Crippen LogP contribution >= 0.6 is 0 Å². The van der Waals surface area contributed by atoms with Gasteiger partial charge in [0.1, 0.15) is 10.6 Å². The molecule has 86 valence electrons. The molecule has 0 aliphatic carbocycles. The number of hydrogen-bond acceptors (Lipinski definition) is 4. The number of carbonyl (C=O) groups is 1. The van der Waals surface area contributed by atoms with Gasteiger partial charge in [-0.05, 0) is 17.5 Å². The Balaban J connectivity index is 2.84. The number of phenolic OH excluding ortho intramolecular Hbond substituents is 1. The van der Waals surface area contributed by atoms with Crippen molar-refractivity contribution in [2.75, 3.05) is 0 Å². The molecule has 1 aromatic carbocycles. The van der Waals surface area contributed by atoms with Crippen LogP contribution in [0.25, 0.3) is 0 Å². The lowest BCUT2D eigenvalue weighted by molar-refractivity contribution is 0.0984. The molecule has 16 heavy (non-hydrogen) atoms. The summed E-state index contributed by atoms with van der Waals surface area (Å²) in [6.45, 7) is 3.65. The number of amides is 1. The minimum absolute atomic E-state index is 0.0418. The normalized spacial score (nSPS) is 17.3. The smallest absolute Gasteiger partial charge is 0.266 e. The van der Waals surface area contributed by atoms with E-state index in [-0.39, 0.29) is 22.1 Å². The molecule has 0 aromatic heterocycles. The largest absolute Gasteiger partial charge is 0.508 e. The molecular formula is C10H11NO4S. The second kappa shape index (κ2) is 3.21. The van der Waals surface area contributed by atoms with Gasteiger partial charge in [-0.25, -0.2) is 13.1 Å². The third-order valence-corrected chi connectivity index (χ3v) is 3.84. The standard InChI is InChI=1S/C10H11NO4S/c1-5(2)7-3-6(12)4-8-9(7)10(13)11-16(8,14)15/h3-5,12H,1-2H3,(H,11,13). The molecule has 0 radical (unpaired) electrons.